The molecule has 0 aliphatic rings. The number of aliphatic hydroxyl groups excluding tert-OH is 1. The van der Waals surface area contributed by atoms with Gasteiger partial charge in [-0.15, -0.1) is 0 Å². The highest BCUT2D eigenvalue weighted by atomic mass is 79.9. The molecule has 0 heterocycles. The summed E-state index contributed by atoms with van der Waals surface area (Å²) in [6, 6.07) is 13.1. The minimum Gasteiger partial charge on any atom is -0.497 e. The van der Waals surface area contributed by atoms with E-state index in [0.29, 0.717) is 18.0 Å². The highest BCUT2D eigenvalue weighted by Gasteiger charge is 2.17. The molecular weight excluding hydrogens is 386 g/mol. The summed E-state index contributed by atoms with van der Waals surface area (Å²) >= 11 is 3.46. The van der Waals surface area contributed by atoms with Crippen molar-refractivity contribution in [2.45, 2.75) is 13.0 Å². The Morgan fingerprint density at radius 1 is 1.12 bits per heavy atom. The third-order valence-electron chi connectivity index (χ3n) is 3.87. The van der Waals surface area contributed by atoms with Crippen molar-refractivity contribution in [3.05, 3.63) is 58.1 Å². The Morgan fingerprint density at radius 2 is 1.88 bits per heavy atom. The lowest BCUT2D eigenvalue weighted by Gasteiger charge is -2.23. The van der Waals surface area contributed by atoms with Crippen LogP contribution in [0.4, 0.5) is 0 Å². The zero-order valence-electron chi connectivity index (χ0n) is 14.4. The van der Waals surface area contributed by atoms with Gasteiger partial charge in [0.1, 0.15) is 11.5 Å². The number of methoxy groups -OCH3 is 2. The molecule has 2 aromatic carbocycles. The van der Waals surface area contributed by atoms with Gasteiger partial charge in [-0.3, -0.25) is 4.79 Å². The fourth-order valence-electron chi connectivity index (χ4n) is 2.54. The van der Waals surface area contributed by atoms with Crippen LogP contribution < -0.4 is 9.47 Å². The zero-order chi connectivity index (χ0) is 18.2. The van der Waals surface area contributed by atoms with Gasteiger partial charge in [0.15, 0.2) is 0 Å². The average molecular weight is 408 g/mol. The molecule has 6 heteroatoms. The predicted molar refractivity (Wildman–Crippen MR) is 99.9 cm³/mol. The molecule has 2 rings (SSSR count). The Labute approximate surface area is 156 Å². The Bertz CT molecular complexity index is 720. The van der Waals surface area contributed by atoms with Crippen molar-refractivity contribution in [1.82, 2.24) is 4.90 Å². The van der Waals surface area contributed by atoms with E-state index < -0.39 is 0 Å². The largest absolute Gasteiger partial charge is 0.497 e. The lowest BCUT2D eigenvalue weighted by molar-refractivity contribution is -0.131. The van der Waals surface area contributed by atoms with Crippen molar-refractivity contribution in [1.29, 1.82) is 0 Å². The molecule has 0 fully saturated rings. The van der Waals surface area contributed by atoms with E-state index in [2.05, 4.69) is 15.9 Å². The number of hydrogen-bond acceptors (Lipinski definition) is 4. The lowest BCUT2D eigenvalue weighted by atomic mass is 10.1. The summed E-state index contributed by atoms with van der Waals surface area (Å²) in [5.41, 5.74) is 1.74. The zero-order valence-corrected chi connectivity index (χ0v) is 16.0. The third kappa shape index (κ3) is 5.21. The van der Waals surface area contributed by atoms with Crippen LogP contribution in [0, 0.1) is 0 Å². The van der Waals surface area contributed by atoms with Crippen LogP contribution in [0.2, 0.25) is 0 Å². The van der Waals surface area contributed by atoms with E-state index in [0.717, 1.165) is 15.6 Å². The molecule has 0 atom stereocenters. The summed E-state index contributed by atoms with van der Waals surface area (Å²) in [5, 5.41) is 9.35. The van der Waals surface area contributed by atoms with E-state index in [4.69, 9.17) is 9.47 Å². The van der Waals surface area contributed by atoms with Crippen molar-refractivity contribution in [3.8, 4) is 11.5 Å². The Kier molecular flexibility index (Phi) is 7.28. The molecule has 0 aromatic heterocycles. The van der Waals surface area contributed by atoms with Gasteiger partial charge >= 0.3 is 0 Å². The molecule has 25 heavy (non-hydrogen) atoms. The summed E-state index contributed by atoms with van der Waals surface area (Å²) < 4.78 is 11.5. The van der Waals surface area contributed by atoms with E-state index in [-0.39, 0.29) is 25.5 Å². The first-order chi connectivity index (χ1) is 12.1. The minimum absolute atomic E-state index is 0.0641. The van der Waals surface area contributed by atoms with Gasteiger partial charge in [0, 0.05) is 23.1 Å². The molecule has 2 aromatic rings. The number of benzene rings is 2. The van der Waals surface area contributed by atoms with Crippen LogP contribution in [-0.4, -0.2) is 43.3 Å². The first-order valence-corrected chi connectivity index (χ1v) is 8.71. The van der Waals surface area contributed by atoms with Gasteiger partial charge in [-0.25, -0.2) is 0 Å². The SMILES string of the molecule is COc1ccc(OC)c(CN(CCO)C(=O)Cc2ccccc2Br)c1. The molecular formula is C19H22BrNO4. The molecule has 1 N–H and O–H groups in total. The standard InChI is InChI=1S/C19H22BrNO4/c1-24-16-7-8-18(25-2)15(11-16)13-21(9-10-22)19(23)12-14-5-3-4-6-17(14)20/h3-8,11,22H,9-10,12-13H2,1-2H3. The van der Waals surface area contributed by atoms with Crippen LogP contribution in [0.15, 0.2) is 46.9 Å². The molecule has 0 aliphatic heterocycles. The summed E-state index contributed by atoms with van der Waals surface area (Å²) in [4.78, 5) is 14.4. The van der Waals surface area contributed by atoms with Crippen LogP contribution in [0.1, 0.15) is 11.1 Å². The van der Waals surface area contributed by atoms with Crippen LogP contribution in [0.5, 0.6) is 11.5 Å². The van der Waals surface area contributed by atoms with Crippen LogP contribution in [0.3, 0.4) is 0 Å². The summed E-state index contributed by atoms with van der Waals surface area (Å²) in [6.45, 7) is 0.488. The Hall–Kier alpha value is -2.05. The van der Waals surface area contributed by atoms with Crippen LogP contribution >= 0.6 is 15.9 Å². The normalized spacial score (nSPS) is 10.4. The minimum atomic E-state index is -0.103. The summed E-state index contributed by atoms with van der Waals surface area (Å²) in [7, 11) is 3.18. The smallest absolute Gasteiger partial charge is 0.227 e. The summed E-state index contributed by atoms with van der Waals surface area (Å²) in [6.07, 6.45) is 0.258. The molecule has 5 nitrogen and oxygen atoms in total. The first-order valence-electron chi connectivity index (χ1n) is 7.92. The second kappa shape index (κ2) is 9.44. The van der Waals surface area contributed by atoms with Gasteiger partial charge in [0.2, 0.25) is 5.91 Å². The number of rotatable bonds is 8. The summed E-state index contributed by atoms with van der Waals surface area (Å²) in [5.74, 6) is 1.31. The first kappa shape index (κ1) is 19.3. The topological polar surface area (TPSA) is 59.0 Å². The Morgan fingerprint density at radius 3 is 2.52 bits per heavy atom. The van der Waals surface area contributed by atoms with Gasteiger partial charge < -0.3 is 19.5 Å². The highest BCUT2D eigenvalue weighted by Crippen LogP contribution is 2.26. The molecule has 1 amide bonds. The van der Waals surface area contributed by atoms with E-state index in [1.165, 1.54) is 0 Å². The third-order valence-corrected chi connectivity index (χ3v) is 4.64. The molecule has 0 aliphatic carbocycles. The number of halogens is 1. The number of ether oxygens (including phenoxy) is 2. The molecule has 0 spiro atoms. The van der Waals surface area contributed by atoms with Crippen LogP contribution in [-0.2, 0) is 17.8 Å². The van der Waals surface area contributed by atoms with E-state index in [1.807, 2.05) is 42.5 Å². The monoisotopic (exact) mass is 407 g/mol. The number of carbonyl (C=O) groups excluding carboxylic acids is 1. The number of aliphatic hydroxyl groups is 1. The number of hydrogen-bond donors (Lipinski definition) is 1. The van der Waals surface area contributed by atoms with Gasteiger partial charge in [-0.1, -0.05) is 34.1 Å². The number of carbonyl (C=O) groups is 1. The van der Waals surface area contributed by atoms with Gasteiger partial charge in [0.05, 0.1) is 27.2 Å². The molecule has 134 valence electrons. The van der Waals surface area contributed by atoms with Crippen molar-refractivity contribution >= 4 is 21.8 Å². The molecule has 0 unspecified atom stereocenters. The maximum atomic E-state index is 12.7. The predicted octanol–water partition coefficient (Wildman–Crippen LogP) is 3.03. The molecule has 0 saturated carbocycles. The highest BCUT2D eigenvalue weighted by molar-refractivity contribution is 9.10. The van der Waals surface area contributed by atoms with E-state index in [9.17, 15) is 9.90 Å². The maximum Gasteiger partial charge on any atom is 0.227 e. The van der Waals surface area contributed by atoms with E-state index in [1.54, 1.807) is 19.1 Å². The second-order valence-corrected chi connectivity index (χ2v) is 6.34. The average Bonchev–Trinajstić information content (AvgIpc) is 2.63. The molecule has 0 saturated heterocycles. The molecule has 0 radical (unpaired) electrons. The van der Waals surface area contributed by atoms with Crippen molar-refractivity contribution in [3.63, 3.8) is 0 Å². The fraction of sp³-hybridized carbons (Fsp3) is 0.316. The number of amides is 1. The Balaban J connectivity index is 2.20. The maximum absolute atomic E-state index is 12.7. The fourth-order valence-corrected chi connectivity index (χ4v) is 2.97. The number of nitrogens with zero attached hydrogens (tertiary/aromatic N) is 1. The van der Waals surface area contributed by atoms with Gasteiger partial charge in [-0.2, -0.15) is 0 Å². The van der Waals surface area contributed by atoms with Gasteiger partial charge in [0.25, 0.3) is 0 Å². The van der Waals surface area contributed by atoms with Crippen molar-refractivity contribution < 1.29 is 19.4 Å². The van der Waals surface area contributed by atoms with Crippen molar-refractivity contribution in [2.24, 2.45) is 0 Å². The lowest BCUT2D eigenvalue weighted by Crippen LogP contribution is -2.34. The van der Waals surface area contributed by atoms with Crippen molar-refractivity contribution in [2.75, 3.05) is 27.4 Å². The molecule has 0 bridgehead atoms. The van der Waals surface area contributed by atoms with E-state index >= 15 is 0 Å². The quantitative estimate of drug-likeness (QED) is 0.730. The van der Waals surface area contributed by atoms with Gasteiger partial charge in [-0.05, 0) is 29.8 Å². The second-order valence-electron chi connectivity index (χ2n) is 5.48. The van der Waals surface area contributed by atoms with Crippen LogP contribution in [0.25, 0.3) is 0 Å².